The summed E-state index contributed by atoms with van der Waals surface area (Å²) in [6.45, 7) is 3.91. The third-order valence-corrected chi connectivity index (χ3v) is 2.67. The van der Waals surface area contributed by atoms with Crippen molar-refractivity contribution in [2.45, 2.75) is 13.8 Å². The van der Waals surface area contributed by atoms with Crippen LogP contribution in [0.2, 0.25) is 0 Å². The van der Waals surface area contributed by atoms with Gasteiger partial charge in [-0.2, -0.15) is 0 Å². The van der Waals surface area contributed by atoms with Crippen LogP contribution in [-0.4, -0.2) is 34.7 Å². The van der Waals surface area contributed by atoms with Gasteiger partial charge in [-0.25, -0.2) is 0 Å². The molecule has 0 saturated carbocycles. The molecule has 0 amide bonds. The van der Waals surface area contributed by atoms with Gasteiger partial charge in [-0.3, -0.25) is 0 Å². The summed E-state index contributed by atoms with van der Waals surface area (Å²) < 4.78 is 1.07. The van der Waals surface area contributed by atoms with Crippen molar-refractivity contribution in [3.8, 4) is 5.75 Å². The SMILES string of the molecule is Cc1cc(O)cc(C)c1Br.[Na]. The van der Waals surface area contributed by atoms with Gasteiger partial charge < -0.3 is 5.11 Å². The number of phenols is 1. The zero-order valence-electron chi connectivity index (χ0n) is 6.98. The monoisotopic (exact) mass is 223 g/mol. The van der Waals surface area contributed by atoms with E-state index in [-0.39, 0.29) is 29.6 Å². The molecule has 1 nitrogen and oxygen atoms in total. The van der Waals surface area contributed by atoms with Crippen LogP contribution in [0.4, 0.5) is 0 Å². The molecule has 1 aromatic carbocycles. The van der Waals surface area contributed by atoms with E-state index in [0.29, 0.717) is 5.75 Å². The minimum absolute atomic E-state index is 0. The van der Waals surface area contributed by atoms with Crippen LogP contribution in [0.3, 0.4) is 0 Å². The van der Waals surface area contributed by atoms with E-state index in [1.54, 1.807) is 12.1 Å². The molecule has 55 valence electrons. The van der Waals surface area contributed by atoms with E-state index in [0.717, 1.165) is 15.6 Å². The van der Waals surface area contributed by atoms with Crippen LogP contribution in [0, 0.1) is 13.8 Å². The van der Waals surface area contributed by atoms with Crippen molar-refractivity contribution < 1.29 is 5.11 Å². The molecular formula is C8H9BrNaO. The summed E-state index contributed by atoms with van der Waals surface area (Å²) >= 11 is 3.40. The van der Waals surface area contributed by atoms with Crippen molar-refractivity contribution in [3.63, 3.8) is 0 Å². The largest absolute Gasteiger partial charge is 0.508 e. The van der Waals surface area contributed by atoms with E-state index in [1.165, 1.54) is 0 Å². The molecule has 1 aromatic rings. The molecule has 0 heterocycles. The summed E-state index contributed by atoms with van der Waals surface area (Å²) in [5.41, 5.74) is 2.13. The summed E-state index contributed by atoms with van der Waals surface area (Å²) in [6, 6.07) is 3.47. The average Bonchev–Trinajstić information content (AvgIpc) is 1.82. The summed E-state index contributed by atoms with van der Waals surface area (Å²) in [4.78, 5) is 0. The Morgan fingerprint density at radius 3 is 1.91 bits per heavy atom. The van der Waals surface area contributed by atoms with Crippen LogP contribution in [0.15, 0.2) is 16.6 Å². The first-order valence-corrected chi connectivity index (χ1v) is 3.86. The maximum atomic E-state index is 9.10. The maximum Gasteiger partial charge on any atom is 0.116 e. The van der Waals surface area contributed by atoms with E-state index in [4.69, 9.17) is 5.11 Å². The second-order valence-electron chi connectivity index (χ2n) is 2.39. The van der Waals surface area contributed by atoms with Crippen molar-refractivity contribution in [2.24, 2.45) is 0 Å². The van der Waals surface area contributed by atoms with Gasteiger partial charge in [0, 0.05) is 34.0 Å². The molecule has 0 aliphatic heterocycles. The van der Waals surface area contributed by atoms with Gasteiger partial charge in [-0.05, 0) is 37.1 Å². The van der Waals surface area contributed by atoms with E-state index in [2.05, 4.69) is 15.9 Å². The molecule has 3 heteroatoms. The first-order chi connectivity index (χ1) is 4.61. The molecule has 0 spiro atoms. The summed E-state index contributed by atoms with van der Waals surface area (Å²) in [5.74, 6) is 0.332. The molecule has 0 aromatic heterocycles. The molecular weight excluding hydrogens is 215 g/mol. The van der Waals surface area contributed by atoms with Gasteiger partial charge in [0.1, 0.15) is 5.75 Å². The minimum atomic E-state index is 0. The molecule has 0 bridgehead atoms. The van der Waals surface area contributed by atoms with E-state index in [9.17, 15) is 0 Å². The predicted octanol–water partition coefficient (Wildman–Crippen LogP) is 2.39. The van der Waals surface area contributed by atoms with E-state index >= 15 is 0 Å². The Balaban J connectivity index is 0.000001000. The first kappa shape index (κ1) is 11.5. The van der Waals surface area contributed by atoms with Crippen molar-refractivity contribution in [1.29, 1.82) is 0 Å². The standard InChI is InChI=1S/C8H9BrO.Na/c1-5-3-7(10)4-6(2)8(5)9;/h3-4,10H,1-2H3;. The van der Waals surface area contributed by atoms with Crippen LogP contribution in [0.5, 0.6) is 5.75 Å². The van der Waals surface area contributed by atoms with Gasteiger partial charge in [0.15, 0.2) is 0 Å². The smallest absolute Gasteiger partial charge is 0.116 e. The zero-order valence-corrected chi connectivity index (χ0v) is 10.6. The zero-order chi connectivity index (χ0) is 7.72. The Kier molecular flexibility index (Phi) is 4.71. The second-order valence-corrected chi connectivity index (χ2v) is 3.19. The van der Waals surface area contributed by atoms with Crippen LogP contribution in [-0.2, 0) is 0 Å². The molecule has 1 rings (SSSR count). The fourth-order valence-corrected chi connectivity index (χ4v) is 1.15. The molecule has 0 aliphatic carbocycles. The molecule has 0 atom stereocenters. The average molecular weight is 224 g/mol. The topological polar surface area (TPSA) is 20.2 Å². The number of hydrogen-bond acceptors (Lipinski definition) is 1. The van der Waals surface area contributed by atoms with E-state index < -0.39 is 0 Å². The fourth-order valence-electron chi connectivity index (χ4n) is 0.923. The van der Waals surface area contributed by atoms with Crippen LogP contribution < -0.4 is 0 Å². The Morgan fingerprint density at radius 2 is 1.55 bits per heavy atom. The van der Waals surface area contributed by atoms with Gasteiger partial charge in [-0.1, -0.05) is 15.9 Å². The number of rotatable bonds is 0. The maximum absolute atomic E-state index is 9.10. The van der Waals surface area contributed by atoms with Crippen molar-refractivity contribution in [2.75, 3.05) is 0 Å². The normalized spacial score (nSPS) is 9.00. The second kappa shape index (κ2) is 4.51. The van der Waals surface area contributed by atoms with Crippen LogP contribution in [0.1, 0.15) is 11.1 Å². The summed E-state index contributed by atoms with van der Waals surface area (Å²) in [6.07, 6.45) is 0. The third kappa shape index (κ3) is 2.79. The number of halogens is 1. The molecule has 0 fully saturated rings. The molecule has 0 saturated heterocycles. The van der Waals surface area contributed by atoms with Gasteiger partial charge >= 0.3 is 0 Å². The number of aryl methyl sites for hydroxylation is 2. The van der Waals surface area contributed by atoms with Gasteiger partial charge in [0.2, 0.25) is 0 Å². The Bertz CT molecular complexity index is 237. The van der Waals surface area contributed by atoms with Gasteiger partial charge in [0.05, 0.1) is 0 Å². The van der Waals surface area contributed by atoms with Crippen molar-refractivity contribution >= 4 is 45.5 Å². The number of phenolic OH excluding ortho intramolecular Hbond substituents is 1. The van der Waals surface area contributed by atoms with Gasteiger partial charge in [-0.15, -0.1) is 0 Å². The number of hydrogen-bond donors (Lipinski definition) is 1. The number of aromatic hydroxyl groups is 1. The Labute approximate surface area is 97.2 Å². The third-order valence-electron chi connectivity index (χ3n) is 1.42. The summed E-state index contributed by atoms with van der Waals surface area (Å²) in [7, 11) is 0. The molecule has 11 heavy (non-hydrogen) atoms. The van der Waals surface area contributed by atoms with Gasteiger partial charge in [0.25, 0.3) is 0 Å². The molecule has 1 N–H and O–H groups in total. The first-order valence-electron chi connectivity index (χ1n) is 3.07. The molecule has 0 aliphatic rings. The van der Waals surface area contributed by atoms with Crippen LogP contribution in [0.25, 0.3) is 0 Å². The Morgan fingerprint density at radius 1 is 1.18 bits per heavy atom. The van der Waals surface area contributed by atoms with E-state index in [1.807, 2.05) is 13.8 Å². The minimum Gasteiger partial charge on any atom is -0.508 e. The van der Waals surface area contributed by atoms with Crippen molar-refractivity contribution in [3.05, 3.63) is 27.7 Å². The number of benzene rings is 1. The molecule has 0 unspecified atom stereocenters. The Hall–Kier alpha value is 0.500. The quantitative estimate of drug-likeness (QED) is 0.671. The molecule has 1 radical (unpaired) electrons. The van der Waals surface area contributed by atoms with Crippen LogP contribution >= 0.6 is 15.9 Å². The fraction of sp³-hybridized carbons (Fsp3) is 0.250. The predicted molar refractivity (Wildman–Crippen MR) is 51.0 cm³/mol. The summed E-state index contributed by atoms with van der Waals surface area (Å²) in [5, 5.41) is 9.10. The van der Waals surface area contributed by atoms with Crippen molar-refractivity contribution in [1.82, 2.24) is 0 Å².